The van der Waals surface area contributed by atoms with Gasteiger partial charge in [-0.3, -0.25) is 38.6 Å². The van der Waals surface area contributed by atoms with Crippen LogP contribution in [0.2, 0.25) is 0 Å². The molecule has 1 aliphatic heterocycles. The number of nitrogens with zero attached hydrogens (tertiary/aromatic N) is 3. The van der Waals surface area contributed by atoms with Crippen LogP contribution in [0.5, 0.6) is 5.75 Å². The van der Waals surface area contributed by atoms with Crippen LogP contribution in [0, 0.1) is 11.8 Å². The fourth-order valence-corrected chi connectivity index (χ4v) is 6.81. The van der Waals surface area contributed by atoms with Gasteiger partial charge in [0.1, 0.15) is 42.0 Å². The average molecular weight is 885 g/mol. The number of nitrogens with two attached hydrogens (primary N) is 3. The number of phenolic OH excluding ortho intramolecular Hbond substituents is 1. The van der Waals surface area contributed by atoms with Gasteiger partial charge in [0.05, 0.1) is 18.8 Å². The van der Waals surface area contributed by atoms with Gasteiger partial charge in [-0.05, 0) is 55.2 Å². The Bertz CT molecular complexity index is 1940. The molecule has 7 unspecified atom stereocenters. The number of hydrogen-bond acceptors (Lipinski definition) is 12. The normalized spacial score (nSPS) is 16.4. The van der Waals surface area contributed by atoms with Crippen molar-refractivity contribution in [3.05, 3.63) is 48.0 Å². The zero-order valence-electron chi connectivity index (χ0n) is 35.7. The largest absolute Gasteiger partial charge is 0.508 e. The first-order valence-electron chi connectivity index (χ1n) is 20.5. The fraction of sp³-hybridized carbons (Fsp3) is 0.550. The summed E-state index contributed by atoms with van der Waals surface area (Å²) in [5, 5.41) is 41.8. The van der Waals surface area contributed by atoms with Gasteiger partial charge in [-0.2, -0.15) is 0 Å². The van der Waals surface area contributed by atoms with E-state index in [1.165, 1.54) is 41.7 Å². The molecule has 2 aromatic rings. The molecule has 23 heteroatoms. The maximum atomic E-state index is 14.2. The number of aromatic amines is 1. The van der Waals surface area contributed by atoms with Gasteiger partial charge in [0.25, 0.3) is 0 Å². The van der Waals surface area contributed by atoms with Crippen LogP contribution in [0.1, 0.15) is 71.1 Å². The third kappa shape index (κ3) is 15.9. The molecular formula is C40H60N12O11. The van der Waals surface area contributed by atoms with Crippen LogP contribution in [0.15, 0.2) is 41.8 Å². The third-order valence-corrected chi connectivity index (χ3v) is 10.2. The van der Waals surface area contributed by atoms with E-state index in [9.17, 15) is 48.6 Å². The lowest BCUT2D eigenvalue weighted by atomic mass is 9.98. The molecule has 1 saturated heterocycles. The average Bonchev–Trinajstić information content (AvgIpc) is 3.92. The van der Waals surface area contributed by atoms with E-state index in [4.69, 9.17) is 22.3 Å². The molecule has 0 bridgehead atoms. The lowest BCUT2D eigenvalue weighted by Crippen LogP contribution is -2.61. The molecule has 3 rings (SSSR count). The predicted octanol–water partition coefficient (Wildman–Crippen LogP) is -2.43. The van der Waals surface area contributed by atoms with E-state index < -0.39 is 108 Å². The van der Waals surface area contributed by atoms with E-state index in [2.05, 4.69) is 41.5 Å². The first-order valence-corrected chi connectivity index (χ1v) is 20.5. The lowest BCUT2D eigenvalue weighted by molar-refractivity contribution is -0.149. The van der Waals surface area contributed by atoms with E-state index in [-0.39, 0.29) is 56.9 Å². The van der Waals surface area contributed by atoms with Crippen LogP contribution in [-0.2, 0) is 51.2 Å². The summed E-state index contributed by atoms with van der Waals surface area (Å²) in [6.45, 7) is 6.78. The molecule has 0 radical (unpaired) electrons. The molecule has 0 aliphatic carbocycles. The number of amides is 6. The highest BCUT2D eigenvalue weighted by atomic mass is 16.4. The smallest absolute Gasteiger partial charge is 0.326 e. The van der Waals surface area contributed by atoms with Gasteiger partial charge in [-0.25, -0.2) is 9.78 Å². The molecule has 1 aliphatic rings. The molecule has 63 heavy (non-hydrogen) atoms. The Balaban J connectivity index is 1.88. The Morgan fingerprint density at radius 2 is 1.38 bits per heavy atom. The Kier molecular flexibility index (Phi) is 19.3. The second-order valence-electron chi connectivity index (χ2n) is 16.0. The number of rotatable bonds is 24. The second-order valence-corrected chi connectivity index (χ2v) is 16.0. The van der Waals surface area contributed by atoms with E-state index >= 15 is 0 Å². The minimum Gasteiger partial charge on any atom is -0.508 e. The van der Waals surface area contributed by atoms with Gasteiger partial charge in [-0.1, -0.05) is 39.8 Å². The van der Waals surface area contributed by atoms with E-state index in [1.54, 1.807) is 27.7 Å². The van der Waals surface area contributed by atoms with Crippen molar-refractivity contribution in [1.29, 1.82) is 0 Å². The highest BCUT2D eigenvalue weighted by molar-refractivity contribution is 5.97. The number of aliphatic imine (C=N–C) groups is 1. The molecule has 7 atom stereocenters. The number of aromatic hydroxyl groups is 1. The van der Waals surface area contributed by atoms with Gasteiger partial charge in [0.15, 0.2) is 5.96 Å². The predicted molar refractivity (Wildman–Crippen MR) is 226 cm³/mol. The first kappa shape index (κ1) is 50.6. The number of phenols is 1. The first-order chi connectivity index (χ1) is 29.7. The van der Waals surface area contributed by atoms with Gasteiger partial charge in [0, 0.05) is 37.8 Å². The molecule has 23 nitrogen and oxygen atoms in total. The third-order valence-electron chi connectivity index (χ3n) is 10.2. The number of likely N-dealkylation sites (tertiary alicyclic amines) is 1. The number of carboxylic acids is 2. The Labute approximate surface area is 363 Å². The van der Waals surface area contributed by atoms with E-state index in [0.717, 1.165) is 0 Å². The van der Waals surface area contributed by atoms with Gasteiger partial charge in [-0.15, -0.1) is 0 Å². The summed E-state index contributed by atoms with van der Waals surface area (Å²) in [6.07, 6.45) is 2.74. The number of carboxylic acid groups (broad SMARTS) is 2. The molecule has 2 heterocycles. The molecule has 6 amide bonds. The van der Waals surface area contributed by atoms with Crippen LogP contribution < -0.4 is 43.8 Å². The lowest BCUT2D eigenvalue weighted by Gasteiger charge is -2.31. The van der Waals surface area contributed by atoms with Crippen molar-refractivity contribution >= 4 is 53.3 Å². The number of nitrogens with one attached hydrogen (secondary N) is 6. The highest BCUT2D eigenvalue weighted by Gasteiger charge is 2.40. The van der Waals surface area contributed by atoms with Crippen molar-refractivity contribution in [1.82, 2.24) is 41.5 Å². The highest BCUT2D eigenvalue weighted by Crippen LogP contribution is 2.20. The fourth-order valence-electron chi connectivity index (χ4n) is 6.81. The van der Waals surface area contributed by atoms with Gasteiger partial charge >= 0.3 is 11.9 Å². The molecule has 0 spiro atoms. The molecule has 346 valence electrons. The second kappa shape index (κ2) is 24.0. The summed E-state index contributed by atoms with van der Waals surface area (Å²) in [5.41, 5.74) is 17.5. The van der Waals surface area contributed by atoms with E-state index in [1.807, 2.05) is 0 Å². The summed E-state index contributed by atoms with van der Waals surface area (Å²) in [4.78, 5) is 118. The minimum absolute atomic E-state index is 0.0440. The van der Waals surface area contributed by atoms with Crippen LogP contribution >= 0.6 is 0 Å². The number of benzene rings is 1. The topological polar surface area (TPSA) is 380 Å². The van der Waals surface area contributed by atoms with Gasteiger partial charge < -0.3 is 69.0 Å². The van der Waals surface area contributed by atoms with Crippen molar-refractivity contribution in [3.8, 4) is 5.75 Å². The molecule has 0 saturated carbocycles. The monoisotopic (exact) mass is 884 g/mol. The van der Waals surface area contributed by atoms with E-state index in [0.29, 0.717) is 17.7 Å². The Hall–Kier alpha value is -6.78. The zero-order chi connectivity index (χ0) is 47.0. The summed E-state index contributed by atoms with van der Waals surface area (Å²) in [6, 6.07) is -3.30. The number of hydrogen-bond donors (Lipinski definition) is 12. The number of carbonyl (C=O) groups excluding carboxylic acids is 6. The van der Waals surface area contributed by atoms with Crippen molar-refractivity contribution < 1.29 is 53.7 Å². The number of aromatic nitrogens is 2. The van der Waals surface area contributed by atoms with Gasteiger partial charge in [0.2, 0.25) is 35.4 Å². The van der Waals surface area contributed by atoms with Crippen molar-refractivity contribution in [2.24, 2.45) is 34.0 Å². The maximum absolute atomic E-state index is 14.2. The Morgan fingerprint density at radius 3 is 1.90 bits per heavy atom. The quantitative estimate of drug-likeness (QED) is 0.0296. The molecular weight excluding hydrogens is 825 g/mol. The van der Waals surface area contributed by atoms with Crippen molar-refractivity contribution in [2.45, 2.75) is 115 Å². The standard InChI is InChI=1S/C40H60N12O11/c1-20(2)31(50-34(57)26(7-5-13-45-40(42)43)47-33(56)25(41)17-30(54)55)36(59)48-27(15-22-9-11-24(53)12-10-22)35(58)51-32(21(3)4)37(60)49-28(16-23-18-44-19-46-23)38(61)52-14-6-8-29(52)39(62)63/h9-12,18-21,25-29,31-32,53H,5-8,13-17,41H2,1-4H3,(H,44,46)(H,47,56)(H,48,59)(H,49,60)(H,50,57)(H,51,58)(H,54,55)(H,62,63)(H4,42,43,45). The number of aliphatic carboxylic acids is 2. The maximum Gasteiger partial charge on any atom is 0.326 e. The van der Waals surface area contributed by atoms with Crippen LogP contribution in [0.4, 0.5) is 0 Å². The summed E-state index contributed by atoms with van der Waals surface area (Å²) in [7, 11) is 0. The SMILES string of the molecule is CC(C)C(NC(=O)C(CCCN=C(N)N)NC(=O)C(N)CC(=O)O)C(=O)NC(Cc1ccc(O)cc1)C(=O)NC(C(=O)NC(Cc1cnc[nH]1)C(=O)N1CCCC1C(=O)O)C(C)C. The minimum atomic E-state index is -1.49. The van der Waals surface area contributed by atoms with Crippen LogP contribution in [-0.4, -0.2) is 139 Å². The van der Waals surface area contributed by atoms with Crippen molar-refractivity contribution in [3.63, 3.8) is 0 Å². The molecule has 15 N–H and O–H groups in total. The summed E-state index contributed by atoms with van der Waals surface area (Å²) < 4.78 is 0. The zero-order valence-corrected chi connectivity index (χ0v) is 35.7. The summed E-state index contributed by atoms with van der Waals surface area (Å²) in [5.74, 6) is -8.76. The number of H-pyrrole nitrogens is 1. The number of carbonyl (C=O) groups is 8. The van der Waals surface area contributed by atoms with Crippen LogP contribution in [0.25, 0.3) is 0 Å². The number of guanidine groups is 1. The van der Waals surface area contributed by atoms with Crippen molar-refractivity contribution in [2.75, 3.05) is 13.1 Å². The van der Waals surface area contributed by atoms with Crippen LogP contribution in [0.3, 0.4) is 0 Å². The summed E-state index contributed by atoms with van der Waals surface area (Å²) >= 11 is 0. The molecule has 1 aromatic heterocycles. The number of imidazole rings is 1. The molecule has 1 aromatic carbocycles. The Morgan fingerprint density at radius 1 is 0.810 bits per heavy atom. The molecule has 1 fully saturated rings.